The Kier molecular flexibility index (Phi) is 8.62. The van der Waals surface area contributed by atoms with Gasteiger partial charge in [0.15, 0.2) is 0 Å². The monoisotopic (exact) mass is 576 g/mol. The van der Waals surface area contributed by atoms with Gasteiger partial charge in [-0.1, -0.05) is 57.2 Å². The number of anilines is 1. The number of halogens is 3. The van der Waals surface area contributed by atoms with E-state index in [2.05, 4.69) is 30.4 Å². The van der Waals surface area contributed by atoms with Gasteiger partial charge in [-0.15, -0.1) is 0 Å². The molecule has 222 valence electrons. The van der Waals surface area contributed by atoms with Gasteiger partial charge in [0.05, 0.1) is 16.6 Å². The zero-order valence-electron chi connectivity index (χ0n) is 24.8. The Labute approximate surface area is 245 Å². The number of nitrogens with zero attached hydrogens (tertiary/aromatic N) is 3. The second kappa shape index (κ2) is 12.2. The summed E-state index contributed by atoms with van der Waals surface area (Å²) in [5, 5.41) is 3.27. The molecule has 5 nitrogen and oxygen atoms in total. The van der Waals surface area contributed by atoms with Crippen molar-refractivity contribution in [2.24, 2.45) is 11.8 Å². The quantitative estimate of drug-likeness (QED) is 0.241. The van der Waals surface area contributed by atoms with Gasteiger partial charge in [-0.25, -0.2) is 4.98 Å². The number of aromatic nitrogens is 2. The Morgan fingerprint density at radius 2 is 1.64 bits per heavy atom. The molecule has 1 aliphatic carbocycles. The summed E-state index contributed by atoms with van der Waals surface area (Å²) in [6, 6.07) is 18.2. The fourth-order valence-electron chi connectivity index (χ4n) is 5.85. The van der Waals surface area contributed by atoms with Crippen molar-refractivity contribution in [3.63, 3.8) is 0 Å². The van der Waals surface area contributed by atoms with E-state index in [9.17, 15) is 18.0 Å². The Morgan fingerprint density at radius 3 is 2.29 bits per heavy atom. The molecule has 2 fully saturated rings. The molecular weight excluding hydrogens is 537 g/mol. The van der Waals surface area contributed by atoms with Crippen LogP contribution in [0.25, 0.3) is 33.5 Å². The van der Waals surface area contributed by atoms with Crippen molar-refractivity contribution in [2.75, 3.05) is 25.5 Å². The summed E-state index contributed by atoms with van der Waals surface area (Å²) in [6.45, 7) is 8.13. The third-order valence-corrected chi connectivity index (χ3v) is 8.28. The summed E-state index contributed by atoms with van der Waals surface area (Å²) in [6.07, 6.45) is -0.665. The SMILES string of the molecule is CC.CCc1ccc(-c2ccc(-c3nc4cc(C(F)(F)F)ccc4n3CC3CCN(C(=O)C4CC4)C3)cc2)cc1NC. The minimum Gasteiger partial charge on any atom is -0.388 e. The second-order valence-corrected chi connectivity index (χ2v) is 11.0. The smallest absolute Gasteiger partial charge is 0.388 e. The van der Waals surface area contributed by atoms with Gasteiger partial charge in [0.1, 0.15) is 5.82 Å². The lowest BCUT2D eigenvalue weighted by Crippen LogP contribution is -2.30. The van der Waals surface area contributed by atoms with E-state index < -0.39 is 11.7 Å². The van der Waals surface area contributed by atoms with Crippen LogP contribution >= 0.6 is 0 Å². The van der Waals surface area contributed by atoms with Crippen LogP contribution in [0.4, 0.5) is 18.9 Å². The lowest BCUT2D eigenvalue weighted by Gasteiger charge is -2.18. The molecule has 1 N–H and O–H groups in total. The Hall–Kier alpha value is -3.81. The van der Waals surface area contributed by atoms with Crippen LogP contribution in [0.1, 0.15) is 51.2 Å². The fraction of sp³-hybridized carbons (Fsp3) is 0.412. The number of fused-ring (bicyclic) bond motifs is 1. The van der Waals surface area contributed by atoms with Crippen molar-refractivity contribution >= 4 is 22.6 Å². The maximum Gasteiger partial charge on any atom is 0.416 e. The highest BCUT2D eigenvalue weighted by Crippen LogP contribution is 2.36. The molecule has 8 heteroatoms. The van der Waals surface area contributed by atoms with Gasteiger partial charge in [-0.2, -0.15) is 13.2 Å². The van der Waals surface area contributed by atoms with E-state index in [4.69, 9.17) is 4.98 Å². The maximum absolute atomic E-state index is 13.5. The van der Waals surface area contributed by atoms with Crippen LogP contribution in [0.15, 0.2) is 60.7 Å². The molecule has 1 atom stereocenters. The molecule has 1 saturated heterocycles. The highest BCUT2D eigenvalue weighted by atomic mass is 19.4. The first-order chi connectivity index (χ1) is 20.2. The number of hydrogen-bond acceptors (Lipinski definition) is 3. The molecule has 3 aromatic carbocycles. The number of amides is 1. The average Bonchev–Trinajstić information content (AvgIpc) is 3.66. The van der Waals surface area contributed by atoms with E-state index in [0.29, 0.717) is 29.9 Å². The summed E-state index contributed by atoms with van der Waals surface area (Å²) in [4.78, 5) is 19.3. The van der Waals surface area contributed by atoms with Crippen LogP contribution in [-0.4, -0.2) is 40.5 Å². The number of nitrogens with one attached hydrogen (secondary N) is 1. The summed E-state index contributed by atoms with van der Waals surface area (Å²) >= 11 is 0. The van der Waals surface area contributed by atoms with Crippen molar-refractivity contribution < 1.29 is 18.0 Å². The van der Waals surface area contributed by atoms with E-state index in [1.165, 1.54) is 11.6 Å². The van der Waals surface area contributed by atoms with E-state index in [1.54, 1.807) is 0 Å². The molecule has 2 heterocycles. The third-order valence-electron chi connectivity index (χ3n) is 8.28. The van der Waals surface area contributed by atoms with E-state index >= 15 is 0 Å². The topological polar surface area (TPSA) is 50.2 Å². The number of carbonyl (C=O) groups is 1. The van der Waals surface area contributed by atoms with Crippen LogP contribution < -0.4 is 5.32 Å². The van der Waals surface area contributed by atoms with Crippen LogP contribution in [-0.2, 0) is 23.9 Å². The predicted octanol–water partition coefficient (Wildman–Crippen LogP) is 8.28. The Balaban J connectivity index is 0.00000173. The van der Waals surface area contributed by atoms with Gasteiger partial charge in [0.2, 0.25) is 5.91 Å². The first-order valence-electron chi connectivity index (χ1n) is 15.0. The Bertz CT molecular complexity index is 1550. The first kappa shape index (κ1) is 29.7. The first-order valence-corrected chi connectivity index (χ1v) is 15.0. The van der Waals surface area contributed by atoms with Crippen molar-refractivity contribution in [3.05, 3.63) is 71.8 Å². The van der Waals surface area contributed by atoms with E-state index in [1.807, 2.05) is 54.6 Å². The fourth-order valence-corrected chi connectivity index (χ4v) is 5.85. The maximum atomic E-state index is 13.5. The highest BCUT2D eigenvalue weighted by Gasteiger charge is 2.37. The van der Waals surface area contributed by atoms with Crippen molar-refractivity contribution in [2.45, 2.75) is 59.2 Å². The van der Waals surface area contributed by atoms with Crippen molar-refractivity contribution in [3.8, 4) is 22.5 Å². The van der Waals surface area contributed by atoms with Crippen LogP contribution in [0.2, 0.25) is 0 Å². The Morgan fingerprint density at radius 1 is 0.952 bits per heavy atom. The average molecular weight is 577 g/mol. The second-order valence-electron chi connectivity index (χ2n) is 11.0. The number of carbonyl (C=O) groups excluding carboxylic acids is 1. The van der Waals surface area contributed by atoms with Gasteiger partial charge in [0.25, 0.3) is 0 Å². The summed E-state index contributed by atoms with van der Waals surface area (Å²) in [7, 11) is 1.92. The van der Waals surface area contributed by atoms with Gasteiger partial charge in [-0.3, -0.25) is 4.79 Å². The van der Waals surface area contributed by atoms with Crippen LogP contribution in [0, 0.1) is 11.8 Å². The largest absolute Gasteiger partial charge is 0.416 e. The molecular formula is C34H39F3N4O. The molecule has 1 aromatic heterocycles. The number of hydrogen-bond donors (Lipinski definition) is 1. The van der Waals surface area contributed by atoms with Crippen LogP contribution in [0.3, 0.4) is 0 Å². The van der Waals surface area contributed by atoms with Gasteiger partial charge < -0.3 is 14.8 Å². The zero-order valence-corrected chi connectivity index (χ0v) is 24.8. The third kappa shape index (κ3) is 6.03. The number of imidazole rings is 1. The minimum absolute atomic E-state index is 0.185. The van der Waals surface area contributed by atoms with Crippen molar-refractivity contribution in [1.82, 2.24) is 14.5 Å². The number of alkyl halides is 3. The summed E-state index contributed by atoms with van der Waals surface area (Å²) < 4.78 is 42.5. The highest BCUT2D eigenvalue weighted by molar-refractivity contribution is 5.83. The minimum atomic E-state index is -4.44. The molecule has 1 unspecified atom stereocenters. The van der Waals surface area contributed by atoms with Gasteiger partial charge in [-0.05, 0) is 72.6 Å². The molecule has 0 radical (unpaired) electrons. The van der Waals surface area contributed by atoms with Gasteiger partial charge >= 0.3 is 6.18 Å². The molecule has 1 saturated carbocycles. The summed E-state index contributed by atoms with van der Waals surface area (Å²) in [5.74, 6) is 1.30. The molecule has 4 aromatic rings. The number of benzene rings is 3. The van der Waals surface area contributed by atoms with Crippen molar-refractivity contribution in [1.29, 1.82) is 0 Å². The number of aryl methyl sites for hydroxylation is 1. The molecule has 0 bridgehead atoms. The van der Waals surface area contributed by atoms with Crippen LogP contribution in [0.5, 0.6) is 0 Å². The zero-order chi connectivity index (χ0) is 30.0. The molecule has 2 aliphatic rings. The molecule has 6 rings (SSSR count). The van der Waals surface area contributed by atoms with Gasteiger partial charge in [0, 0.05) is 43.9 Å². The lowest BCUT2D eigenvalue weighted by molar-refractivity contribution is -0.137. The standard InChI is InChI=1S/C32H33F3N4O.C2H6/c1-3-21-4-11-25(16-27(21)36-2)22-5-7-23(8-6-22)30-37-28-17-26(32(33,34)35)12-13-29(28)39(30)19-20-14-15-38(18-20)31(40)24-9-10-24;1-2/h4-8,11-13,16-17,20,24,36H,3,9-10,14-15,18-19H2,1-2H3;1-2H3. The molecule has 0 spiro atoms. The molecule has 1 aliphatic heterocycles. The predicted molar refractivity (Wildman–Crippen MR) is 163 cm³/mol. The molecule has 42 heavy (non-hydrogen) atoms. The molecule has 1 amide bonds. The summed E-state index contributed by atoms with van der Waals surface area (Å²) in [5.41, 5.74) is 5.62. The number of rotatable bonds is 7. The van der Waals surface area contributed by atoms with E-state index in [-0.39, 0.29) is 17.7 Å². The normalized spacial score (nSPS) is 16.8. The van der Waals surface area contributed by atoms with E-state index in [0.717, 1.165) is 66.7 Å². The number of likely N-dealkylation sites (tertiary alicyclic amines) is 1. The lowest BCUT2D eigenvalue weighted by atomic mass is 10.00.